The van der Waals surface area contributed by atoms with Crippen molar-refractivity contribution in [3.63, 3.8) is 0 Å². The molecule has 1 aromatic carbocycles. The van der Waals surface area contributed by atoms with Gasteiger partial charge in [-0.1, -0.05) is 12.1 Å². The van der Waals surface area contributed by atoms with Crippen molar-refractivity contribution < 1.29 is 9.53 Å². The Bertz CT molecular complexity index is 432. The number of benzene rings is 1. The third-order valence-electron chi connectivity index (χ3n) is 3.10. The Morgan fingerprint density at radius 1 is 1.37 bits per heavy atom. The van der Waals surface area contributed by atoms with E-state index >= 15 is 0 Å². The summed E-state index contributed by atoms with van der Waals surface area (Å²) < 4.78 is 5.40. The Morgan fingerprint density at radius 3 is 2.63 bits per heavy atom. The van der Waals surface area contributed by atoms with Gasteiger partial charge in [0.05, 0.1) is 13.2 Å². The van der Waals surface area contributed by atoms with Crippen LogP contribution < -0.4 is 15.4 Å². The van der Waals surface area contributed by atoms with Crippen LogP contribution in [0, 0.1) is 6.92 Å². The van der Waals surface area contributed by atoms with Gasteiger partial charge in [-0.3, -0.25) is 10.1 Å². The Balaban J connectivity index is 2.77. The van der Waals surface area contributed by atoms with Gasteiger partial charge in [0.15, 0.2) is 0 Å². The van der Waals surface area contributed by atoms with E-state index in [1.807, 2.05) is 45.9 Å². The molecule has 2 atom stereocenters. The molecule has 0 spiro atoms. The lowest BCUT2D eigenvalue weighted by Crippen LogP contribution is -2.43. The first-order chi connectivity index (χ1) is 8.99. The number of amides is 1. The zero-order valence-electron chi connectivity index (χ0n) is 12.4. The topological polar surface area (TPSA) is 50.4 Å². The molecule has 0 aliphatic heterocycles. The van der Waals surface area contributed by atoms with E-state index in [0.29, 0.717) is 6.54 Å². The fourth-order valence-corrected chi connectivity index (χ4v) is 2.04. The maximum atomic E-state index is 11.7. The first kappa shape index (κ1) is 15.5. The van der Waals surface area contributed by atoms with Crippen molar-refractivity contribution in [2.75, 3.05) is 13.7 Å². The van der Waals surface area contributed by atoms with E-state index in [4.69, 9.17) is 4.74 Å². The molecule has 0 bridgehead atoms. The standard InChI is InChI=1S/C15H24N2O2/c1-6-16-15(18)12(4)17-11(3)13-8-7-10(2)9-14(13)19-5/h7-9,11-12,17H,6H2,1-5H3,(H,16,18). The molecule has 1 amide bonds. The molecule has 0 saturated heterocycles. The molecule has 0 radical (unpaired) electrons. The molecule has 106 valence electrons. The first-order valence-electron chi connectivity index (χ1n) is 6.67. The van der Waals surface area contributed by atoms with Crippen LogP contribution in [-0.2, 0) is 4.79 Å². The molecule has 2 N–H and O–H groups in total. The van der Waals surface area contributed by atoms with Crippen molar-refractivity contribution in [2.45, 2.75) is 39.8 Å². The molecule has 1 aromatic rings. The Hall–Kier alpha value is -1.55. The smallest absolute Gasteiger partial charge is 0.236 e. The van der Waals surface area contributed by atoms with E-state index in [0.717, 1.165) is 16.9 Å². The van der Waals surface area contributed by atoms with E-state index < -0.39 is 0 Å². The molecule has 0 fully saturated rings. The highest BCUT2D eigenvalue weighted by atomic mass is 16.5. The van der Waals surface area contributed by atoms with Crippen LogP contribution in [0.3, 0.4) is 0 Å². The lowest BCUT2D eigenvalue weighted by atomic mass is 10.0. The summed E-state index contributed by atoms with van der Waals surface area (Å²) in [6.07, 6.45) is 0. The number of ether oxygens (including phenoxy) is 1. The second-order valence-electron chi connectivity index (χ2n) is 4.75. The number of likely N-dealkylation sites (N-methyl/N-ethyl adjacent to an activating group) is 1. The summed E-state index contributed by atoms with van der Waals surface area (Å²) in [5.41, 5.74) is 2.22. The number of methoxy groups -OCH3 is 1. The molecule has 19 heavy (non-hydrogen) atoms. The lowest BCUT2D eigenvalue weighted by Gasteiger charge is -2.21. The predicted octanol–water partition coefficient (Wildman–Crippen LogP) is 2.18. The summed E-state index contributed by atoms with van der Waals surface area (Å²) in [6.45, 7) is 8.48. The van der Waals surface area contributed by atoms with Gasteiger partial charge in [-0.2, -0.15) is 0 Å². The highest BCUT2D eigenvalue weighted by molar-refractivity contribution is 5.81. The normalized spacial score (nSPS) is 13.7. The number of rotatable bonds is 6. The molecular weight excluding hydrogens is 240 g/mol. The lowest BCUT2D eigenvalue weighted by molar-refractivity contribution is -0.122. The third kappa shape index (κ3) is 4.24. The predicted molar refractivity (Wildman–Crippen MR) is 77.4 cm³/mol. The largest absolute Gasteiger partial charge is 0.496 e. The number of hydrogen-bond acceptors (Lipinski definition) is 3. The minimum absolute atomic E-state index is 0.0143. The van der Waals surface area contributed by atoms with Gasteiger partial charge in [-0.25, -0.2) is 0 Å². The van der Waals surface area contributed by atoms with Crippen molar-refractivity contribution in [1.82, 2.24) is 10.6 Å². The maximum Gasteiger partial charge on any atom is 0.236 e. The molecule has 0 heterocycles. The fourth-order valence-electron chi connectivity index (χ4n) is 2.04. The molecule has 1 rings (SSSR count). The zero-order chi connectivity index (χ0) is 14.4. The quantitative estimate of drug-likeness (QED) is 0.828. The molecule has 0 aromatic heterocycles. The SMILES string of the molecule is CCNC(=O)C(C)NC(C)c1ccc(C)cc1OC. The summed E-state index contributed by atoms with van der Waals surface area (Å²) in [5, 5.41) is 6.09. The number of hydrogen-bond donors (Lipinski definition) is 2. The molecular formula is C15H24N2O2. The average Bonchev–Trinajstić information content (AvgIpc) is 2.38. The highest BCUT2D eigenvalue weighted by Crippen LogP contribution is 2.26. The van der Waals surface area contributed by atoms with Crippen molar-refractivity contribution in [2.24, 2.45) is 0 Å². The minimum atomic E-state index is -0.235. The second-order valence-corrected chi connectivity index (χ2v) is 4.75. The van der Waals surface area contributed by atoms with Crippen LogP contribution in [0.4, 0.5) is 0 Å². The zero-order valence-corrected chi connectivity index (χ0v) is 12.4. The molecule has 4 heteroatoms. The van der Waals surface area contributed by atoms with Gasteiger partial charge in [0.2, 0.25) is 5.91 Å². The molecule has 4 nitrogen and oxygen atoms in total. The van der Waals surface area contributed by atoms with Crippen LogP contribution in [0.5, 0.6) is 5.75 Å². The van der Waals surface area contributed by atoms with Crippen LogP contribution in [0.2, 0.25) is 0 Å². The van der Waals surface area contributed by atoms with Crippen LogP contribution in [0.25, 0.3) is 0 Å². The minimum Gasteiger partial charge on any atom is -0.496 e. The van der Waals surface area contributed by atoms with E-state index in [1.165, 1.54) is 0 Å². The Labute approximate surface area is 115 Å². The number of aryl methyl sites for hydroxylation is 1. The van der Waals surface area contributed by atoms with Gasteiger partial charge >= 0.3 is 0 Å². The van der Waals surface area contributed by atoms with Gasteiger partial charge in [-0.05, 0) is 39.3 Å². The van der Waals surface area contributed by atoms with E-state index in [-0.39, 0.29) is 18.0 Å². The average molecular weight is 264 g/mol. The third-order valence-corrected chi connectivity index (χ3v) is 3.10. The fraction of sp³-hybridized carbons (Fsp3) is 0.533. The summed E-state index contributed by atoms with van der Waals surface area (Å²) >= 11 is 0. The van der Waals surface area contributed by atoms with Gasteiger partial charge < -0.3 is 10.1 Å². The molecule has 0 aliphatic rings. The van der Waals surface area contributed by atoms with Crippen LogP contribution >= 0.6 is 0 Å². The van der Waals surface area contributed by atoms with Crippen molar-refractivity contribution >= 4 is 5.91 Å². The van der Waals surface area contributed by atoms with E-state index in [1.54, 1.807) is 7.11 Å². The van der Waals surface area contributed by atoms with Crippen LogP contribution in [0.15, 0.2) is 18.2 Å². The van der Waals surface area contributed by atoms with Crippen molar-refractivity contribution in [3.05, 3.63) is 29.3 Å². The molecule has 2 unspecified atom stereocenters. The Kier molecular flexibility index (Phi) is 5.83. The van der Waals surface area contributed by atoms with Crippen LogP contribution in [-0.4, -0.2) is 25.6 Å². The Morgan fingerprint density at radius 2 is 2.05 bits per heavy atom. The summed E-state index contributed by atoms with van der Waals surface area (Å²) in [5.74, 6) is 0.864. The molecule has 0 saturated carbocycles. The van der Waals surface area contributed by atoms with Crippen LogP contribution in [0.1, 0.15) is 37.9 Å². The van der Waals surface area contributed by atoms with Gasteiger partial charge in [-0.15, -0.1) is 0 Å². The molecule has 0 aliphatic carbocycles. The second kappa shape index (κ2) is 7.14. The number of nitrogens with one attached hydrogen (secondary N) is 2. The van der Waals surface area contributed by atoms with Gasteiger partial charge in [0.1, 0.15) is 5.75 Å². The number of carbonyl (C=O) groups excluding carboxylic acids is 1. The monoisotopic (exact) mass is 264 g/mol. The maximum absolute atomic E-state index is 11.7. The first-order valence-corrected chi connectivity index (χ1v) is 6.67. The van der Waals surface area contributed by atoms with E-state index in [2.05, 4.69) is 10.6 Å². The van der Waals surface area contributed by atoms with E-state index in [9.17, 15) is 4.79 Å². The number of carbonyl (C=O) groups is 1. The summed E-state index contributed by atoms with van der Waals surface area (Å²) in [4.78, 5) is 11.7. The van der Waals surface area contributed by atoms with Gasteiger partial charge in [0, 0.05) is 18.2 Å². The summed E-state index contributed by atoms with van der Waals surface area (Å²) in [7, 11) is 1.66. The highest BCUT2D eigenvalue weighted by Gasteiger charge is 2.17. The van der Waals surface area contributed by atoms with Crippen molar-refractivity contribution in [3.8, 4) is 5.75 Å². The summed E-state index contributed by atoms with van der Waals surface area (Å²) in [6, 6.07) is 5.90. The van der Waals surface area contributed by atoms with Gasteiger partial charge in [0.25, 0.3) is 0 Å². The van der Waals surface area contributed by atoms with Crippen molar-refractivity contribution in [1.29, 1.82) is 0 Å².